The Morgan fingerprint density at radius 3 is 2.33 bits per heavy atom. The standard InChI is InChI=1S/C26H39N7O6/c1-15(18-7-4-3-5-8-18)22(25(38)39)32-20(35)9-6-11-30-23(36)19(31-24(37)21(27)16(2)34)13-17-10-12-33(14-17)26(28)29/h3-5,7-8,10,15-16,19,21-22,34H,6,9,11-14,27H2,1-2H3,(H3,28,29)(H,30,36)(H,31,37)(H,32,35)(H,38,39). The number of carboxylic acids is 1. The predicted octanol–water partition coefficient (Wildman–Crippen LogP) is -1.03. The molecule has 1 heterocycles. The van der Waals surface area contributed by atoms with Crippen molar-refractivity contribution in [2.75, 3.05) is 19.6 Å². The van der Waals surface area contributed by atoms with E-state index in [-0.39, 0.29) is 31.8 Å². The molecule has 214 valence electrons. The van der Waals surface area contributed by atoms with E-state index in [4.69, 9.17) is 16.9 Å². The van der Waals surface area contributed by atoms with Crippen molar-refractivity contribution in [3.05, 3.63) is 47.5 Å². The highest BCUT2D eigenvalue weighted by atomic mass is 16.4. The second kappa shape index (κ2) is 14.8. The van der Waals surface area contributed by atoms with Gasteiger partial charge < -0.3 is 42.5 Å². The molecule has 3 amide bonds. The lowest BCUT2D eigenvalue weighted by Crippen LogP contribution is -2.54. The van der Waals surface area contributed by atoms with Crippen molar-refractivity contribution in [3.8, 4) is 0 Å². The molecule has 0 saturated carbocycles. The monoisotopic (exact) mass is 545 g/mol. The number of amides is 3. The Morgan fingerprint density at radius 2 is 1.77 bits per heavy atom. The summed E-state index contributed by atoms with van der Waals surface area (Å²) < 4.78 is 0. The third-order valence-electron chi connectivity index (χ3n) is 6.54. The van der Waals surface area contributed by atoms with E-state index < -0.39 is 53.8 Å². The van der Waals surface area contributed by atoms with Crippen molar-refractivity contribution < 1.29 is 29.4 Å². The van der Waals surface area contributed by atoms with Crippen molar-refractivity contribution in [2.24, 2.45) is 11.5 Å². The molecule has 2 rings (SSSR count). The molecular formula is C26H39N7O6. The van der Waals surface area contributed by atoms with E-state index in [2.05, 4.69) is 16.0 Å². The number of hydrogen-bond donors (Lipinski definition) is 8. The lowest BCUT2D eigenvalue weighted by atomic mass is 9.93. The molecule has 0 bridgehead atoms. The van der Waals surface area contributed by atoms with Crippen LogP contribution in [-0.2, 0) is 19.2 Å². The van der Waals surface area contributed by atoms with Crippen molar-refractivity contribution in [3.63, 3.8) is 0 Å². The minimum Gasteiger partial charge on any atom is -0.480 e. The molecule has 13 heteroatoms. The Morgan fingerprint density at radius 1 is 1.10 bits per heavy atom. The summed E-state index contributed by atoms with van der Waals surface area (Å²) in [4.78, 5) is 51.1. The fourth-order valence-electron chi connectivity index (χ4n) is 4.08. The normalized spacial score (nSPS) is 16.7. The van der Waals surface area contributed by atoms with E-state index in [9.17, 15) is 29.4 Å². The van der Waals surface area contributed by atoms with Crippen LogP contribution in [0.25, 0.3) is 0 Å². The quantitative estimate of drug-likeness (QED) is 0.0618. The first-order valence-electron chi connectivity index (χ1n) is 12.8. The van der Waals surface area contributed by atoms with Crippen LogP contribution in [-0.4, -0.2) is 88.6 Å². The van der Waals surface area contributed by atoms with Gasteiger partial charge in [-0.1, -0.05) is 48.9 Å². The number of carbonyl (C=O) groups is 4. The zero-order valence-corrected chi connectivity index (χ0v) is 22.2. The number of nitrogens with two attached hydrogens (primary N) is 2. The van der Waals surface area contributed by atoms with Gasteiger partial charge in [0.1, 0.15) is 18.1 Å². The van der Waals surface area contributed by atoms with Crippen LogP contribution in [0.4, 0.5) is 0 Å². The van der Waals surface area contributed by atoms with Crippen LogP contribution in [0.15, 0.2) is 42.0 Å². The number of carbonyl (C=O) groups excluding carboxylic acids is 3. The molecule has 0 spiro atoms. The number of nitrogens with zero attached hydrogens (tertiary/aromatic N) is 1. The third kappa shape index (κ3) is 9.69. The summed E-state index contributed by atoms with van der Waals surface area (Å²) in [5.74, 6) is -3.37. The molecule has 39 heavy (non-hydrogen) atoms. The fourth-order valence-corrected chi connectivity index (χ4v) is 4.08. The molecule has 0 aliphatic carbocycles. The van der Waals surface area contributed by atoms with Gasteiger partial charge in [0, 0.05) is 32.0 Å². The predicted molar refractivity (Wildman–Crippen MR) is 144 cm³/mol. The van der Waals surface area contributed by atoms with Crippen LogP contribution in [0.3, 0.4) is 0 Å². The zero-order chi connectivity index (χ0) is 29.1. The minimum atomic E-state index is -1.23. The molecule has 1 aliphatic heterocycles. The van der Waals surface area contributed by atoms with Gasteiger partial charge in [-0.2, -0.15) is 0 Å². The van der Waals surface area contributed by atoms with Gasteiger partial charge in [0.15, 0.2) is 5.96 Å². The second-order valence-electron chi connectivity index (χ2n) is 9.64. The third-order valence-corrected chi connectivity index (χ3v) is 6.54. The first kappa shape index (κ1) is 31.2. The number of aliphatic hydroxyl groups excluding tert-OH is 1. The molecule has 5 atom stereocenters. The number of carboxylic acid groups (broad SMARTS) is 1. The van der Waals surface area contributed by atoms with Crippen molar-refractivity contribution in [1.82, 2.24) is 20.9 Å². The Hall–Kier alpha value is -3.97. The molecule has 1 aliphatic rings. The average Bonchev–Trinajstić information content (AvgIpc) is 3.37. The van der Waals surface area contributed by atoms with E-state index in [1.54, 1.807) is 36.1 Å². The second-order valence-corrected chi connectivity index (χ2v) is 9.64. The highest BCUT2D eigenvalue weighted by molar-refractivity contribution is 5.90. The van der Waals surface area contributed by atoms with Crippen LogP contribution in [0.1, 0.15) is 44.6 Å². The van der Waals surface area contributed by atoms with E-state index >= 15 is 0 Å². The van der Waals surface area contributed by atoms with Gasteiger partial charge in [-0.05, 0) is 25.3 Å². The highest BCUT2D eigenvalue weighted by Gasteiger charge is 2.29. The van der Waals surface area contributed by atoms with Gasteiger partial charge in [0.25, 0.3) is 0 Å². The molecule has 0 aromatic heterocycles. The molecule has 0 fully saturated rings. The summed E-state index contributed by atoms with van der Waals surface area (Å²) in [6, 6.07) is 5.67. The molecule has 0 radical (unpaired) electrons. The summed E-state index contributed by atoms with van der Waals surface area (Å²) in [6.45, 7) is 3.94. The van der Waals surface area contributed by atoms with Crippen LogP contribution in [0, 0.1) is 5.41 Å². The summed E-state index contributed by atoms with van der Waals surface area (Å²) in [7, 11) is 0. The molecule has 1 aromatic carbocycles. The summed E-state index contributed by atoms with van der Waals surface area (Å²) >= 11 is 0. The molecule has 0 saturated heterocycles. The fraction of sp³-hybridized carbons (Fsp3) is 0.500. The number of guanidine groups is 1. The number of aliphatic hydroxyl groups is 1. The van der Waals surface area contributed by atoms with Crippen molar-refractivity contribution in [1.29, 1.82) is 5.41 Å². The maximum atomic E-state index is 12.9. The lowest BCUT2D eigenvalue weighted by molar-refractivity contribution is -0.142. The van der Waals surface area contributed by atoms with Crippen LogP contribution in [0.2, 0.25) is 0 Å². The van der Waals surface area contributed by atoms with Gasteiger partial charge in [-0.15, -0.1) is 0 Å². The van der Waals surface area contributed by atoms with Gasteiger partial charge >= 0.3 is 5.97 Å². The summed E-state index contributed by atoms with van der Waals surface area (Å²) in [5.41, 5.74) is 12.8. The number of aliphatic carboxylic acids is 1. The van der Waals surface area contributed by atoms with Gasteiger partial charge in [0.2, 0.25) is 17.7 Å². The molecule has 10 N–H and O–H groups in total. The van der Waals surface area contributed by atoms with Gasteiger partial charge in [0.05, 0.1) is 6.10 Å². The first-order chi connectivity index (χ1) is 18.4. The zero-order valence-electron chi connectivity index (χ0n) is 22.2. The van der Waals surface area contributed by atoms with E-state index in [0.717, 1.165) is 11.1 Å². The molecule has 13 nitrogen and oxygen atoms in total. The Labute approximate surface area is 227 Å². The molecular weight excluding hydrogens is 506 g/mol. The largest absolute Gasteiger partial charge is 0.480 e. The lowest BCUT2D eigenvalue weighted by Gasteiger charge is -2.23. The van der Waals surface area contributed by atoms with E-state index in [1.165, 1.54) is 6.92 Å². The van der Waals surface area contributed by atoms with Gasteiger partial charge in [-0.25, -0.2) is 4.79 Å². The minimum absolute atomic E-state index is 0.0196. The van der Waals surface area contributed by atoms with E-state index in [0.29, 0.717) is 13.1 Å². The van der Waals surface area contributed by atoms with Crippen LogP contribution in [0.5, 0.6) is 0 Å². The SMILES string of the molecule is CC(O)C(N)C(=O)NC(CC1=CCN(C(=N)N)C1)C(=O)NCCCC(=O)NC(C(=O)O)C(C)c1ccccc1. The number of hydrogen-bond acceptors (Lipinski definition) is 7. The van der Waals surface area contributed by atoms with Crippen LogP contribution >= 0.6 is 0 Å². The Bertz CT molecular complexity index is 1060. The average molecular weight is 546 g/mol. The van der Waals surface area contributed by atoms with Crippen LogP contribution < -0.4 is 27.4 Å². The Kier molecular flexibility index (Phi) is 11.9. The molecule has 5 unspecified atom stereocenters. The highest BCUT2D eigenvalue weighted by Crippen LogP contribution is 2.19. The first-order valence-corrected chi connectivity index (χ1v) is 12.8. The maximum Gasteiger partial charge on any atom is 0.326 e. The Balaban J connectivity index is 1.91. The summed E-state index contributed by atoms with van der Waals surface area (Å²) in [6.07, 6.45) is 1.06. The molecule has 1 aromatic rings. The smallest absolute Gasteiger partial charge is 0.326 e. The summed E-state index contributed by atoms with van der Waals surface area (Å²) in [5, 5.41) is 34.6. The van der Waals surface area contributed by atoms with Crippen molar-refractivity contribution in [2.45, 2.75) is 63.3 Å². The topological polar surface area (TPSA) is 224 Å². The van der Waals surface area contributed by atoms with Gasteiger partial charge in [-0.3, -0.25) is 19.8 Å². The maximum absolute atomic E-state index is 12.9. The number of benzene rings is 1. The number of nitrogens with one attached hydrogen (secondary N) is 4. The number of rotatable bonds is 14. The van der Waals surface area contributed by atoms with Crippen molar-refractivity contribution >= 4 is 29.7 Å². The van der Waals surface area contributed by atoms with E-state index in [1.807, 2.05) is 12.1 Å².